The SMILES string of the molecule is Cc1cc(C(=O)c2cccc3ncccc23)cc(C)n1. The van der Waals surface area contributed by atoms with Crippen molar-refractivity contribution in [2.24, 2.45) is 0 Å². The first-order valence-electron chi connectivity index (χ1n) is 6.49. The third-order valence-electron chi connectivity index (χ3n) is 3.23. The Morgan fingerprint density at radius 3 is 2.50 bits per heavy atom. The number of pyridine rings is 2. The zero-order valence-electron chi connectivity index (χ0n) is 11.4. The van der Waals surface area contributed by atoms with Gasteiger partial charge in [0.15, 0.2) is 5.78 Å². The normalized spacial score (nSPS) is 10.7. The number of carbonyl (C=O) groups is 1. The molecule has 0 unspecified atom stereocenters. The van der Waals surface area contributed by atoms with E-state index in [0.29, 0.717) is 11.1 Å². The molecule has 0 spiro atoms. The van der Waals surface area contributed by atoms with Crippen LogP contribution >= 0.6 is 0 Å². The van der Waals surface area contributed by atoms with Gasteiger partial charge in [-0.1, -0.05) is 18.2 Å². The Bertz CT molecular complexity index is 783. The van der Waals surface area contributed by atoms with E-state index >= 15 is 0 Å². The predicted molar refractivity (Wildman–Crippen MR) is 78.9 cm³/mol. The summed E-state index contributed by atoms with van der Waals surface area (Å²) in [5, 5.41) is 0.882. The molecule has 3 rings (SSSR count). The van der Waals surface area contributed by atoms with Crippen LogP contribution < -0.4 is 0 Å². The van der Waals surface area contributed by atoms with Gasteiger partial charge < -0.3 is 0 Å². The van der Waals surface area contributed by atoms with Crippen LogP contribution in [0.15, 0.2) is 48.7 Å². The molecule has 0 saturated carbocycles. The highest BCUT2D eigenvalue weighted by Gasteiger charge is 2.13. The maximum Gasteiger partial charge on any atom is 0.193 e. The summed E-state index contributed by atoms with van der Waals surface area (Å²) in [6, 6.07) is 13.0. The third kappa shape index (κ3) is 2.18. The first-order valence-corrected chi connectivity index (χ1v) is 6.49. The van der Waals surface area contributed by atoms with Crippen LogP contribution in [0.25, 0.3) is 10.9 Å². The molecule has 2 aromatic heterocycles. The van der Waals surface area contributed by atoms with Crippen LogP contribution in [0.2, 0.25) is 0 Å². The Kier molecular flexibility index (Phi) is 3.03. The molecule has 0 bridgehead atoms. The van der Waals surface area contributed by atoms with E-state index in [2.05, 4.69) is 9.97 Å². The lowest BCUT2D eigenvalue weighted by Crippen LogP contribution is -2.04. The Morgan fingerprint density at radius 1 is 1.00 bits per heavy atom. The number of carbonyl (C=O) groups excluding carboxylic acids is 1. The summed E-state index contributed by atoms with van der Waals surface area (Å²) in [7, 11) is 0. The molecule has 2 heterocycles. The molecule has 0 radical (unpaired) electrons. The topological polar surface area (TPSA) is 42.9 Å². The van der Waals surface area contributed by atoms with E-state index < -0.39 is 0 Å². The van der Waals surface area contributed by atoms with E-state index in [-0.39, 0.29) is 5.78 Å². The molecule has 0 aliphatic heterocycles. The summed E-state index contributed by atoms with van der Waals surface area (Å²) in [5.41, 5.74) is 3.89. The van der Waals surface area contributed by atoms with Gasteiger partial charge in [-0.3, -0.25) is 14.8 Å². The maximum atomic E-state index is 12.7. The van der Waals surface area contributed by atoms with E-state index in [1.165, 1.54) is 0 Å². The largest absolute Gasteiger partial charge is 0.289 e. The fourth-order valence-corrected chi connectivity index (χ4v) is 2.42. The molecule has 98 valence electrons. The van der Waals surface area contributed by atoms with Crippen molar-refractivity contribution in [3.05, 3.63) is 71.2 Å². The van der Waals surface area contributed by atoms with Gasteiger partial charge in [-0.2, -0.15) is 0 Å². The molecule has 3 aromatic rings. The second-order valence-electron chi connectivity index (χ2n) is 4.84. The number of ketones is 1. The predicted octanol–water partition coefficient (Wildman–Crippen LogP) is 3.48. The average molecular weight is 262 g/mol. The van der Waals surface area contributed by atoms with Crippen LogP contribution in [0.3, 0.4) is 0 Å². The van der Waals surface area contributed by atoms with Gasteiger partial charge in [-0.05, 0) is 38.1 Å². The highest BCUT2D eigenvalue weighted by atomic mass is 16.1. The van der Waals surface area contributed by atoms with Crippen LogP contribution in [0.5, 0.6) is 0 Å². The van der Waals surface area contributed by atoms with E-state index in [4.69, 9.17) is 0 Å². The zero-order valence-corrected chi connectivity index (χ0v) is 11.4. The molecule has 0 fully saturated rings. The number of hydrogen-bond acceptors (Lipinski definition) is 3. The van der Waals surface area contributed by atoms with Crippen LogP contribution in [0.4, 0.5) is 0 Å². The lowest BCUT2D eigenvalue weighted by molar-refractivity contribution is 0.104. The van der Waals surface area contributed by atoms with E-state index in [0.717, 1.165) is 22.3 Å². The van der Waals surface area contributed by atoms with E-state index in [1.54, 1.807) is 6.20 Å². The molecule has 3 heteroatoms. The second kappa shape index (κ2) is 4.85. The van der Waals surface area contributed by atoms with Crippen LogP contribution in [-0.2, 0) is 0 Å². The van der Waals surface area contributed by atoms with Gasteiger partial charge in [0, 0.05) is 34.1 Å². The molecular weight excluding hydrogens is 248 g/mol. The standard InChI is InChI=1S/C17H14N2O/c1-11-9-13(10-12(2)19-11)17(20)15-5-3-7-16-14(15)6-4-8-18-16/h3-10H,1-2H3. The minimum absolute atomic E-state index is 0.0113. The highest BCUT2D eigenvalue weighted by Crippen LogP contribution is 2.20. The highest BCUT2D eigenvalue weighted by molar-refractivity contribution is 6.16. The Morgan fingerprint density at radius 2 is 1.75 bits per heavy atom. The van der Waals surface area contributed by atoms with Crippen molar-refractivity contribution < 1.29 is 4.79 Å². The first kappa shape index (κ1) is 12.5. The average Bonchev–Trinajstić information content (AvgIpc) is 2.45. The molecular formula is C17H14N2O. The summed E-state index contributed by atoms with van der Waals surface area (Å²) in [6.45, 7) is 3.79. The lowest BCUT2D eigenvalue weighted by atomic mass is 9.99. The summed E-state index contributed by atoms with van der Waals surface area (Å²) in [4.78, 5) is 21.3. The summed E-state index contributed by atoms with van der Waals surface area (Å²) in [5.74, 6) is 0.0113. The summed E-state index contributed by atoms with van der Waals surface area (Å²) in [6.07, 6.45) is 1.73. The van der Waals surface area contributed by atoms with E-state index in [1.807, 2.05) is 56.3 Å². The van der Waals surface area contributed by atoms with Crippen molar-refractivity contribution in [3.8, 4) is 0 Å². The molecule has 20 heavy (non-hydrogen) atoms. The number of aryl methyl sites for hydroxylation is 2. The monoisotopic (exact) mass is 262 g/mol. The number of fused-ring (bicyclic) bond motifs is 1. The van der Waals surface area contributed by atoms with Crippen LogP contribution in [0, 0.1) is 13.8 Å². The molecule has 0 saturated heterocycles. The second-order valence-corrected chi connectivity index (χ2v) is 4.84. The number of aromatic nitrogens is 2. The van der Waals surface area contributed by atoms with Gasteiger partial charge >= 0.3 is 0 Å². The fraction of sp³-hybridized carbons (Fsp3) is 0.118. The Labute approximate surface area is 117 Å². The van der Waals surface area contributed by atoms with Crippen molar-refractivity contribution >= 4 is 16.7 Å². The lowest BCUT2D eigenvalue weighted by Gasteiger charge is -2.07. The Balaban J connectivity index is 2.17. The minimum Gasteiger partial charge on any atom is -0.289 e. The molecule has 1 aromatic carbocycles. The Hall–Kier alpha value is -2.55. The van der Waals surface area contributed by atoms with E-state index in [9.17, 15) is 4.79 Å². The van der Waals surface area contributed by atoms with Crippen molar-refractivity contribution in [3.63, 3.8) is 0 Å². The number of rotatable bonds is 2. The molecule has 3 nitrogen and oxygen atoms in total. The number of hydrogen-bond donors (Lipinski definition) is 0. The van der Waals surface area contributed by atoms with Crippen molar-refractivity contribution in [2.75, 3.05) is 0 Å². The zero-order chi connectivity index (χ0) is 14.1. The maximum absolute atomic E-state index is 12.7. The molecule has 0 amide bonds. The van der Waals surface area contributed by atoms with Crippen molar-refractivity contribution in [2.45, 2.75) is 13.8 Å². The number of nitrogens with zero attached hydrogens (tertiary/aromatic N) is 2. The van der Waals surface area contributed by atoms with Gasteiger partial charge in [-0.25, -0.2) is 0 Å². The van der Waals surface area contributed by atoms with Gasteiger partial charge in [0.05, 0.1) is 5.52 Å². The smallest absolute Gasteiger partial charge is 0.193 e. The molecule has 0 aliphatic carbocycles. The first-order chi connectivity index (χ1) is 9.65. The van der Waals surface area contributed by atoms with Gasteiger partial charge in [0.25, 0.3) is 0 Å². The quantitative estimate of drug-likeness (QED) is 0.664. The van der Waals surface area contributed by atoms with Crippen molar-refractivity contribution in [1.29, 1.82) is 0 Å². The van der Waals surface area contributed by atoms with Gasteiger partial charge in [-0.15, -0.1) is 0 Å². The van der Waals surface area contributed by atoms with Crippen LogP contribution in [-0.4, -0.2) is 15.8 Å². The molecule has 0 N–H and O–H groups in total. The third-order valence-corrected chi connectivity index (χ3v) is 3.23. The summed E-state index contributed by atoms with van der Waals surface area (Å²) >= 11 is 0. The number of benzene rings is 1. The van der Waals surface area contributed by atoms with Crippen molar-refractivity contribution in [1.82, 2.24) is 9.97 Å². The minimum atomic E-state index is 0.0113. The molecule has 0 atom stereocenters. The summed E-state index contributed by atoms with van der Waals surface area (Å²) < 4.78 is 0. The molecule has 0 aliphatic rings. The fourth-order valence-electron chi connectivity index (χ4n) is 2.42. The van der Waals surface area contributed by atoms with Gasteiger partial charge in [0.2, 0.25) is 0 Å². The van der Waals surface area contributed by atoms with Crippen LogP contribution in [0.1, 0.15) is 27.3 Å². The van der Waals surface area contributed by atoms with Gasteiger partial charge in [0.1, 0.15) is 0 Å².